The highest BCUT2D eigenvalue weighted by atomic mass is 15.2. The first-order valence-corrected chi connectivity index (χ1v) is 8.14. The van der Waals surface area contributed by atoms with Crippen LogP contribution < -0.4 is 5.32 Å². The summed E-state index contributed by atoms with van der Waals surface area (Å²) in [5.74, 6) is 1.08. The van der Waals surface area contributed by atoms with Gasteiger partial charge in [0.25, 0.3) is 0 Å². The van der Waals surface area contributed by atoms with Gasteiger partial charge in [0.1, 0.15) is 12.1 Å². The van der Waals surface area contributed by atoms with Crippen molar-refractivity contribution >= 4 is 5.82 Å². The van der Waals surface area contributed by atoms with Gasteiger partial charge in [-0.25, -0.2) is 9.97 Å². The lowest BCUT2D eigenvalue weighted by Crippen LogP contribution is -2.38. The maximum Gasteiger partial charge on any atom is 0.133 e. The molecule has 0 amide bonds. The molecule has 2 heterocycles. The summed E-state index contributed by atoms with van der Waals surface area (Å²) in [6.45, 7) is 5.91. The summed E-state index contributed by atoms with van der Waals surface area (Å²) in [6.07, 6.45) is 10.6. The molecular formula is C16H26N4. The maximum atomic E-state index is 4.48. The highest BCUT2D eigenvalue weighted by Gasteiger charge is 2.18. The number of aryl methyl sites for hydroxylation is 1. The quantitative estimate of drug-likeness (QED) is 0.916. The molecule has 0 saturated carbocycles. The molecule has 1 aliphatic heterocycles. The van der Waals surface area contributed by atoms with Crippen molar-refractivity contribution in [1.29, 1.82) is 0 Å². The van der Waals surface area contributed by atoms with Crippen molar-refractivity contribution in [2.45, 2.75) is 57.9 Å². The summed E-state index contributed by atoms with van der Waals surface area (Å²) < 4.78 is 0. The Bertz CT molecular complexity index is 440. The molecule has 110 valence electrons. The van der Waals surface area contributed by atoms with Crippen LogP contribution in [0.2, 0.25) is 0 Å². The minimum atomic E-state index is 0.453. The fraction of sp³-hybridized carbons (Fsp3) is 0.750. The Morgan fingerprint density at radius 2 is 1.90 bits per heavy atom. The number of rotatable bonds is 4. The van der Waals surface area contributed by atoms with Crippen LogP contribution in [0.3, 0.4) is 0 Å². The predicted octanol–water partition coefficient (Wildman–Crippen LogP) is 2.64. The monoisotopic (exact) mass is 274 g/mol. The molecule has 3 rings (SSSR count). The van der Waals surface area contributed by atoms with Crippen molar-refractivity contribution in [3.63, 3.8) is 0 Å². The molecule has 4 nitrogen and oxygen atoms in total. The smallest absolute Gasteiger partial charge is 0.133 e. The number of piperidine rings is 1. The van der Waals surface area contributed by atoms with E-state index in [1.807, 2.05) is 0 Å². The fourth-order valence-corrected chi connectivity index (χ4v) is 3.45. The van der Waals surface area contributed by atoms with Crippen LogP contribution in [0.5, 0.6) is 0 Å². The second-order valence-electron chi connectivity index (χ2n) is 6.26. The molecule has 1 aliphatic carbocycles. The standard InChI is InChI=1S/C16H26N4/c1-13(11-20-9-5-2-6-10-20)19-16-14-7-3-4-8-15(14)17-12-18-16/h12-13H,2-11H2,1H3,(H,17,18,19). The van der Waals surface area contributed by atoms with Crippen LogP contribution in [0, 0.1) is 0 Å². The molecule has 1 aromatic rings. The van der Waals surface area contributed by atoms with Crippen molar-refractivity contribution in [1.82, 2.24) is 14.9 Å². The molecule has 1 aromatic heterocycles. The van der Waals surface area contributed by atoms with Crippen molar-refractivity contribution < 1.29 is 0 Å². The molecule has 1 unspecified atom stereocenters. The Labute approximate surface area is 122 Å². The average molecular weight is 274 g/mol. The summed E-state index contributed by atoms with van der Waals surface area (Å²) in [4.78, 5) is 11.5. The van der Waals surface area contributed by atoms with E-state index >= 15 is 0 Å². The van der Waals surface area contributed by atoms with Gasteiger partial charge in [-0.05, 0) is 58.5 Å². The van der Waals surface area contributed by atoms with E-state index in [0.717, 1.165) is 25.2 Å². The van der Waals surface area contributed by atoms with Crippen molar-refractivity contribution in [2.24, 2.45) is 0 Å². The Balaban J connectivity index is 1.62. The third-order valence-electron chi connectivity index (χ3n) is 4.49. The number of anilines is 1. The zero-order valence-electron chi connectivity index (χ0n) is 12.6. The molecule has 1 N–H and O–H groups in total. The van der Waals surface area contributed by atoms with Crippen LogP contribution in [0.4, 0.5) is 5.82 Å². The molecular weight excluding hydrogens is 248 g/mol. The first kappa shape index (κ1) is 13.8. The van der Waals surface area contributed by atoms with E-state index in [4.69, 9.17) is 0 Å². The topological polar surface area (TPSA) is 41.0 Å². The highest BCUT2D eigenvalue weighted by molar-refractivity contribution is 5.47. The lowest BCUT2D eigenvalue weighted by atomic mass is 9.96. The summed E-state index contributed by atoms with van der Waals surface area (Å²) in [5, 5.41) is 3.62. The van der Waals surface area contributed by atoms with Gasteiger partial charge in [-0.15, -0.1) is 0 Å². The molecule has 1 atom stereocenters. The van der Waals surface area contributed by atoms with E-state index in [-0.39, 0.29) is 0 Å². The highest BCUT2D eigenvalue weighted by Crippen LogP contribution is 2.24. The van der Waals surface area contributed by atoms with Crippen molar-refractivity contribution in [3.05, 3.63) is 17.6 Å². The fourth-order valence-electron chi connectivity index (χ4n) is 3.45. The van der Waals surface area contributed by atoms with E-state index in [0.29, 0.717) is 6.04 Å². The number of hydrogen-bond acceptors (Lipinski definition) is 4. The molecule has 0 spiro atoms. The van der Waals surface area contributed by atoms with Crippen LogP contribution >= 0.6 is 0 Å². The van der Waals surface area contributed by atoms with E-state index in [1.165, 1.54) is 56.5 Å². The minimum absolute atomic E-state index is 0.453. The van der Waals surface area contributed by atoms with Gasteiger partial charge in [-0.3, -0.25) is 0 Å². The van der Waals surface area contributed by atoms with Gasteiger partial charge >= 0.3 is 0 Å². The Morgan fingerprint density at radius 1 is 1.10 bits per heavy atom. The first-order valence-electron chi connectivity index (χ1n) is 8.14. The predicted molar refractivity (Wildman–Crippen MR) is 82.0 cm³/mol. The average Bonchev–Trinajstić information content (AvgIpc) is 2.48. The maximum absolute atomic E-state index is 4.48. The summed E-state index contributed by atoms with van der Waals surface area (Å²) in [7, 11) is 0. The summed E-state index contributed by atoms with van der Waals surface area (Å²) in [5.41, 5.74) is 2.63. The molecule has 4 heteroatoms. The second kappa shape index (κ2) is 6.53. The largest absolute Gasteiger partial charge is 0.366 e. The van der Waals surface area contributed by atoms with Crippen LogP contribution in [-0.2, 0) is 12.8 Å². The second-order valence-corrected chi connectivity index (χ2v) is 6.26. The third-order valence-corrected chi connectivity index (χ3v) is 4.49. The van der Waals surface area contributed by atoms with E-state index in [1.54, 1.807) is 6.33 Å². The number of hydrogen-bond donors (Lipinski definition) is 1. The first-order chi connectivity index (χ1) is 9.83. The van der Waals surface area contributed by atoms with Gasteiger partial charge in [0.2, 0.25) is 0 Å². The number of nitrogens with zero attached hydrogens (tertiary/aromatic N) is 3. The summed E-state index contributed by atoms with van der Waals surface area (Å²) in [6, 6.07) is 0.453. The molecule has 0 aromatic carbocycles. The van der Waals surface area contributed by atoms with Gasteiger partial charge in [0, 0.05) is 23.8 Å². The van der Waals surface area contributed by atoms with E-state index in [9.17, 15) is 0 Å². The lowest BCUT2D eigenvalue weighted by molar-refractivity contribution is 0.223. The van der Waals surface area contributed by atoms with Gasteiger partial charge in [-0.2, -0.15) is 0 Å². The number of nitrogens with one attached hydrogen (secondary N) is 1. The zero-order valence-corrected chi connectivity index (χ0v) is 12.6. The lowest BCUT2D eigenvalue weighted by Gasteiger charge is -2.30. The van der Waals surface area contributed by atoms with Gasteiger partial charge < -0.3 is 10.2 Å². The van der Waals surface area contributed by atoms with Crippen LogP contribution in [0.1, 0.15) is 50.3 Å². The SMILES string of the molecule is CC(CN1CCCCC1)Nc1ncnc2c1CCCC2. The molecule has 2 aliphatic rings. The van der Waals surface area contributed by atoms with Crippen LogP contribution in [-0.4, -0.2) is 40.5 Å². The Morgan fingerprint density at radius 3 is 2.75 bits per heavy atom. The van der Waals surface area contributed by atoms with Gasteiger partial charge in [-0.1, -0.05) is 6.42 Å². The van der Waals surface area contributed by atoms with Gasteiger partial charge in [0.15, 0.2) is 0 Å². The molecule has 1 saturated heterocycles. The van der Waals surface area contributed by atoms with E-state index < -0.39 is 0 Å². The molecule has 20 heavy (non-hydrogen) atoms. The molecule has 0 bridgehead atoms. The number of likely N-dealkylation sites (tertiary alicyclic amines) is 1. The van der Waals surface area contributed by atoms with Crippen molar-refractivity contribution in [3.8, 4) is 0 Å². The normalized spacial score (nSPS) is 21.2. The summed E-state index contributed by atoms with van der Waals surface area (Å²) >= 11 is 0. The zero-order chi connectivity index (χ0) is 13.8. The van der Waals surface area contributed by atoms with Gasteiger partial charge in [0.05, 0.1) is 0 Å². The number of aromatic nitrogens is 2. The van der Waals surface area contributed by atoms with E-state index in [2.05, 4.69) is 27.1 Å². The van der Waals surface area contributed by atoms with Crippen molar-refractivity contribution in [2.75, 3.05) is 25.0 Å². The number of fused-ring (bicyclic) bond motifs is 1. The Hall–Kier alpha value is -1.16. The molecule has 1 fully saturated rings. The Kier molecular flexibility index (Phi) is 4.51. The van der Waals surface area contributed by atoms with Crippen LogP contribution in [0.15, 0.2) is 6.33 Å². The van der Waals surface area contributed by atoms with Crippen LogP contribution in [0.25, 0.3) is 0 Å². The molecule has 0 radical (unpaired) electrons. The minimum Gasteiger partial charge on any atom is -0.366 e. The third kappa shape index (κ3) is 3.29.